The van der Waals surface area contributed by atoms with Gasteiger partial charge >= 0.3 is 6.03 Å². The lowest BCUT2D eigenvalue weighted by molar-refractivity contribution is -0.0447. The summed E-state index contributed by atoms with van der Waals surface area (Å²) in [5.41, 5.74) is 3.86. The van der Waals surface area contributed by atoms with Crippen molar-refractivity contribution >= 4 is 22.8 Å². The van der Waals surface area contributed by atoms with Crippen molar-refractivity contribution in [2.75, 3.05) is 31.6 Å². The summed E-state index contributed by atoms with van der Waals surface area (Å²) in [6.07, 6.45) is 5.63. The minimum Gasteiger partial charge on any atom is -0.376 e. The number of nitrogens with one attached hydrogen (secondary N) is 2. The predicted molar refractivity (Wildman–Crippen MR) is 128 cm³/mol. The maximum absolute atomic E-state index is 13.0. The Morgan fingerprint density at radius 1 is 1.15 bits per heavy atom. The molecule has 2 fully saturated rings. The molecule has 0 bridgehead atoms. The Morgan fingerprint density at radius 2 is 2.09 bits per heavy atom. The molecule has 2 aliphatic heterocycles. The van der Waals surface area contributed by atoms with Gasteiger partial charge in [-0.05, 0) is 61.9 Å². The van der Waals surface area contributed by atoms with Gasteiger partial charge in [0.05, 0.1) is 30.4 Å². The number of nitrogens with zero attached hydrogens (tertiary/aromatic N) is 2. The van der Waals surface area contributed by atoms with Gasteiger partial charge < -0.3 is 24.7 Å². The highest BCUT2D eigenvalue weighted by molar-refractivity contribution is 5.89. The Kier molecular flexibility index (Phi) is 6.88. The van der Waals surface area contributed by atoms with E-state index in [1.54, 1.807) is 0 Å². The third-order valence-electron chi connectivity index (χ3n) is 6.53. The highest BCUT2D eigenvalue weighted by atomic mass is 16.5. The number of likely N-dealkylation sites (tertiary alicyclic amines) is 1. The molecule has 3 aromatic rings. The van der Waals surface area contributed by atoms with Crippen LogP contribution in [0, 0.1) is 0 Å². The van der Waals surface area contributed by atoms with Crippen LogP contribution in [0.1, 0.15) is 49.4 Å². The van der Waals surface area contributed by atoms with Gasteiger partial charge in [-0.15, -0.1) is 0 Å². The van der Waals surface area contributed by atoms with Gasteiger partial charge in [0, 0.05) is 31.3 Å². The number of fused-ring (bicyclic) bond motifs is 1. The molecule has 0 saturated carbocycles. The van der Waals surface area contributed by atoms with Crippen LogP contribution in [-0.2, 0) is 16.1 Å². The molecule has 33 heavy (non-hydrogen) atoms. The van der Waals surface area contributed by atoms with Crippen LogP contribution in [0.15, 0.2) is 48.5 Å². The number of piperidine rings is 1. The van der Waals surface area contributed by atoms with Gasteiger partial charge in [0.25, 0.3) is 0 Å². The number of urea groups is 1. The molecule has 2 unspecified atom stereocenters. The number of ether oxygens (including phenoxy) is 2. The van der Waals surface area contributed by atoms with E-state index in [1.807, 2.05) is 53.4 Å². The van der Waals surface area contributed by atoms with E-state index >= 15 is 0 Å². The van der Waals surface area contributed by atoms with E-state index in [0.29, 0.717) is 19.8 Å². The number of aromatic amines is 1. The van der Waals surface area contributed by atoms with Crippen molar-refractivity contribution in [2.24, 2.45) is 0 Å². The maximum atomic E-state index is 13.0. The highest BCUT2D eigenvalue weighted by Gasteiger charge is 2.27. The van der Waals surface area contributed by atoms with E-state index in [2.05, 4.69) is 10.3 Å². The summed E-state index contributed by atoms with van der Waals surface area (Å²) in [5.74, 6) is 1.19. The SMILES string of the molecule is O=C(Nc1cccc(COCC2CCCCO2)c1)N1CCCC(c2nc3ccccc3[nH]2)C1. The monoisotopic (exact) mass is 448 g/mol. The number of aromatic nitrogens is 2. The second kappa shape index (κ2) is 10.4. The zero-order chi connectivity index (χ0) is 22.5. The van der Waals surface area contributed by atoms with Crippen LogP contribution < -0.4 is 5.32 Å². The Labute approximate surface area is 194 Å². The first-order valence-electron chi connectivity index (χ1n) is 12.0. The molecule has 2 amide bonds. The van der Waals surface area contributed by atoms with Crippen molar-refractivity contribution in [3.05, 3.63) is 59.9 Å². The number of benzene rings is 2. The van der Waals surface area contributed by atoms with E-state index in [1.165, 1.54) is 6.42 Å². The Bertz CT molecular complexity index is 1040. The number of para-hydroxylation sites is 2. The fourth-order valence-electron chi connectivity index (χ4n) is 4.74. The summed E-state index contributed by atoms with van der Waals surface area (Å²) >= 11 is 0. The van der Waals surface area contributed by atoms with Crippen LogP contribution in [-0.4, -0.2) is 53.3 Å². The summed E-state index contributed by atoms with van der Waals surface area (Å²) in [6, 6.07) is 15.9. The van der Waals surface area contributed by atoms with Gasteiger partial charge in [0.15, 0.2) is 0 Å². The fraction of sp³-hybridized carbons (Fsp3) is 0.462. The molecule has 0 aliphatic carbocycles. The third kappa shape index (κ3) is 5.54. The van der Waals surface area contributed by atoms with Crippen molar-refractivity contribution in [2.45, 2.75) is 50.7 Å². The Morgan fingerprint density at radius 3 is 2.97 bits per heavy atom. The van der Waals surface area contributed by atoms with Crippen molar-refractivity contribution in [1.82, 2.24) is 14.9 Å². The molecule has 2 N–H and O–H groups in total. The Hall–Kier alpha value is -2.90. The van der Waals surface area contributed by atoms with Crippen LogP contribution in [0.2, 0.25) is 0 Å². The maximum Gasteiger partial charge on any atom is 0.321 e. The number of carbonyl (C=O) groups excluding carboxylic acids is 1. The number of carbonyl (C=O) groups is 1. The zero-order valence-corrected chi connectivity index (χ0v) is 19.0. The number of anilines is 1. The lowest BCUT2D eigenvalue weighted by Gasteiger charge is -2.31. The normalized spacial score (nSPS) is 21.3. The highest BCUT2D eigenvalue weighted by Crippen LogP contribution is 2.27. The second-order valence-corrected chi connectivity index (χ2v) is 9.06. The number of rotatable bonds is 6. The van der Waals surface area contributed by atoms with Gasteiger partial charge in [0.2, 0.25) is 0 Å². The number of amides is 2. The van der Waals surface area contributed by atoms with E-state index in [4.69, 9.17) is 14.5 Å². The number of hydrogen-bond donors (Lipinski definition) is 2. The lowest BCUT2D eigenvalue weighted by Crippen LogP contribution is -2.41. The van der Waals surface area contributed by atoms with Gasteiger partial charge in [-0.3, -0.25) is 0 Å². The molecule has 2 saturated heterocycles. The van der Waals surface area contributed by atoms with Gasteiger partial charge in [0.1, 0.15) is 5.82 Å². The molecule has 3 heterocycles. The minimum absolute atomic E-state index is 0.0653. The molecule has 2 aromatic carbocycles. The number of hydrogen-bond acceptors (Lipinski definition) is 4. The predicted octanol–water partition coefficient (Wildman–Crippen LogP) is 5.06. The zero-order valence-electron chi connectivity index (χ0n) is 19.0. The molecule has 0 radical (unpaired) electrons. The third-order valence-corrected chi connectivity index (χ3v) is 6.53. The van der Waals surface area contributed by atoms with Gasteiger partial charge in [-0.2, -0.15) is 0 Å². The first kappa shape index (κ1) is 21.9. The van der Waals surface area contributed by atoms with Crippen molar-refractivity contribution in [3.63, 3.8) is 0 Å². The van der Waals surface area contributed by atoms with Crippen molar-refractivity contribution < 1.29 is 14.3 Å². The van der Waals surface area contributed by atoms with E-state index < -0.39 is 0 Å². The first-order chi connectivity index (χ1) is 16.2. The molecule has 5 rings (SSSR count). The topological polar surface area (TPSA) is 79.5 Å². The summed E-state index contributed by atoms with van der Waals surface area (Å²) in [5, 5.41) is 3.07. The average molecular weight is 449 g/mol. The number of H-pyrrole nitrogens is 1. The molecule has 0 spiro atoms. The molecular weight excluding hydrogens is 416 g/mol. The average Bonchev–Trinajstić information content (AvgIpc) is 3.30. The van der Waals surface area contributed by atoms with Gasteiger partial charge in [-0.25, -0.2) is 9.78 Å². The molecule has 2 aliphatic rings. The molecule has 7 heteroatoms. The van der Waals surface area contributed by atoms with E-state index in [-0.39, 0.29) is 18.1 Å². The molecule has 174 valence electrons. The molecular formula is C26H32N4O3. The smallest absolute Gasteiger partial charge is 0.321 e. The standard InChI is InChI=1S/C26H32N4O3/c31-26(27-21-9-5-7-19(15-21)17-32-18-22-10-3-4-14-33-22)30-13-6-8-20(16-30)25-28-23-11-1-2-12-24(23)29-25/h1-2,5,7,9,11-12,15,20,22H,3-4,6,8,10,13-14,16-18H2,(H,27,31)(H,28,29). The molecule has 7 nitrogen and oxygen atoms in total. The second-order valence-electron chi connectivity index (χ2n) is 9.06. The van der Waals surface area contributed by atoms with E-state index in [0.717, 1.165) is 66.9 Å². The van der Waals surface area contributed by atoms with Crippen LogP contribution in [0.5, 0.6) is 0 Å². The summed E-state index contributed by atoms with van der Waals surface area (Å²) < 4.78 is 11.6. The number of imidazole rings is 1. The summed E-state index contributed by atoms with van der Waals surface area (Å²) in [6.45, 7) is 3.39. The fourth-order valence-corrected chi connectivity index (χ4v) is 4.74. The van der Waals surface area contributed by atoms with Crippen LogP contribution in [0.25, 0.3) is 11.0 Å². The van der Waals surface area contributed by atoms with Crippen molar-refractivity contribution in [1.29, 1.82) is 0 Å². The van der Waals surface area contributed by atoms with E-state index in [9.17, 15) is 4.79 Å². The van der Waals surface area contributed by atoms with Crippen LogP contribution in [0.3, 0.4) is 0 Å². The largest absolute Gasteiger partial charge is 0.376 e. The quantitative estimate of drug-likeness (QED) is 0.552. The summed E-state index contributed by atoms with van der Waals surface area (Å²) in [4.78, 5) is 23.1. The Balaban J connectivity index is 1.15. The first-order valence-corrected chi connectivity index (χ1v) is 12.0. The summed E-state index contributed by atoms with van der Waals surface area (Å²) in [7, 11) is 0. The van der Waals surface area contributed by atoms with Crippen LogP contribution in [0.4, 0.5) is 10.5 Å². The van der Waals surface area contributed by atoms with Crippen LogP contribution >= 0.6 is 0 Å². The molecule has 1 aromatic heterocycles. The van der Waals surface area contributed by atoms with Crippen molar-refractivity contribution in [3.8, 4) is 0 Å². The van der Waals surface area contributed by atoms with Gasteiger partial charge in [-0.1, -0.05) is 24.3 Å². The molecule has 2 atom stereocenters. The lowest BCUT2D eigenvalue weighted by atomic mass is 9.97. The minimum atomic E-state index is -0.0653.